The number of hydrazine groups is 1. The van der Waals surface area contributed by atoms with E-state index >= 15 is 0 Å². The summed E-state index contributed by atoms with van der Waals surface area (Å²) >= 11 is 0. The summed E-state index contributed by atoms with van der Waals surface area (Å²) in [4.78, 5) is 38.9. The summed E-state index contributed by atoms with van der Waals surface area (Å²) in [5.74, 6) is -0.354. The van der Waals surface area contributed by atoms with Crippen LogP contribution < -0.4 is 15.6 Å². The van der Waals surface area contributed by atoms with Crippen molar-refractivity contribution in [1.29, 1.82) is 0 Å². The third-order valence-electron chi connectivity index (χ3n) is 4.53. The minimum absolute atomic E-state index is 0.193. The highest BCUT2D eigenvalue weighted by molar-refractivity contribution is 5.98. The van der Waals surface area contributed by atoms with Crippen molar-refractivity contribution in [2.75, 3.05) is 13.2 Å². The summed E-state index contributed by atoms with van der Waals surface area (Å²) in [5, 5.41) is 0. The van der Waals surface area contributed by atoms with Gasteiger partial charge in [0.1, 0.15) is 11.8 Å². The van der Waals surface area contributed by atoms with Gasteiger partial charge in [0.2, 0.25) is 0 Å². The Morgan fingerprint density at radius 1 is 1.14 bits per heavy atom. The maximum absolute atomic E-state index is 12.6. The lowest BCUT2D eigenvalue weighted by Crippen LogP contribution is -2.55. The van der Waals surface area contributed by atoms with Crippen molar-refractivity contribution in [3.63, 3.8) is 0 Å². The molecule has 0 aliphatic carbocycles. The maximum Gasteiger partial charge on any atom is 0.290 e. The Hall–Kier alpha value is -3.29. The number of carbonyl (C=O) groups excluding carboxylic acids is 3. The van der Waals surface area contributed by atoms with Crippen molar-refractivity contribution in [3.05, 3.63) is 54.0 Å². The molecule has 0 radical (unpaired) electrons. The minimum Gasteiger partial charge on any atom is -0.494 e. The highest BCUT2D eigenvalue weighted by Gasteiger charge is 2.33. The SMILES string of the molecule is CCOc1ccc(C(=O)NNC(=O)C2CCCCN2C(=O)c2ccco2)cc1. The number of nitrogens with one attached hydrogen (secondary N) is 2. The molecule has 8 nitrogen and oxygen atoms in total. The first-order chi connectivity index (χ1) is 13.6. The summed E-state index contributed by atoms with van der Waals surface area (Å²) in [5.41, 5.74) is 5.21. The second kappa shape index (κ2) is 9.07. The van der Waals surface area contributed by atoms with Crippen molar-refractivity contribution in [2.45, 2.75) is 32.2 Å². The molecule has 1 atom stereocenters. The molecule has 3 amide bonds. The summed E-state index contributed by atoms with van der Waals surface area (Å²) in [6.07, 6.45) is 3.59. The number of likely N-dealkylation sites (tertiary alicyclic amines) is 1. The Balaban J connectivity index is 1.59. The van der Waals surface area contributed by atoms with E-state index in [0.717, 1.165) is 12.8 Å². The van der Waals surface area contributed by atoms with Crippen LogP contribution in [0.2, 0.25) is 0 Å². The van der Waals surface area contributed by atoms with Crippen molar-refractivity contribution in [2.24, 2.45) is 0 Å². The largest absolute Gasteiger partial charge is 0.494 e. The molecule has 1 aromatic carbocycles. The number of nitrogens with zero attached hydrogens (tertiary/aromatic N) is 1. The number of hydrogen-bond acceptors (Lipinski definition) is 5. The fourth-order valence-corrected chi connectivity index (χ4v) is 3.13. The molecule has 2 heterocycles. The van der Waals surface area contributed by atoms with E-state index < -0.39 is 17.9 Å². The van der Waals surface area contributed by atoms with Gasteiger partial charge in [0.15, 0.2) is 5.76 Å². The van der Waals surface area contributed by atoms with Gasteiger partial charge in [0.25, 0.3) is 17.7 Å². The summed E-state index contributed by atoms with van der Waals surface area (Å²) in [7, 11) is 0. The van der Waals surface area contributed by atoms with Crippen LogP contribution in [0.25, 0.3) is 0 Å². The Bertz CT molecular complexity index is 817. The molecule has 3 rings (SSSR count). The number of ether oxygens (including phenoxy) is 1. The monoisotopic (exact) mass is 385 g/mol. The van der Waals surface area contributed by atoms with Gasteiger partial charge in [-0.3, -0.25) is 25.2 Å². The first-order valence-corrected chi connectivity index (χ1v) is 9.27. The Kier molecular flexibility index (Phi) is 6.31. The lowest BCUT2D eigenvalue weighted by Gasteiger charge is -2.34. The van der Waals surface area contributed by atoms with Crippen LogP contribution in [-0.4, -0.2) is 41.8 Å². The second-order valence-corrected chi connectivity index (χ2v) is 6.39. The number of furan rings is 1. The van der Waals surface area contributed by atoms with E-state index in [0.29, 0.717) is 30.9 Å². The molecule has 2 aromatic rings. The maximum atomic E-state index is 12.6. The van der Waals surface area contributed by atoms with Gasteiger partial charge in [-0.2, -0.15) is 0 Å². The van der Waals surface area contributed by atoms with Crippen LogP contribution in [0.15, 0.2) is 47.1 Å². The van der Waals surface area contributed by atoms with E-state index in [1.807, 2.05) is 6.92 Å². The zero-order valence-corrected chi connectivity index (χ0v) is 15.6. The van der Waals surface area contributed by atoms with Gasteiger partial charge in [0, 0.05) is 12.1 Å². The number of amides is 3. The average molecular weight is 385 g/mol. The molecular formula is C20H23N3O5. The van der Waals surface area contributed by atoms with E-state index in [-0.39, 0.29) is 11.7 Å². The van der Waals surface area contributed by atoms with Crippen LogP contribution >= 0.6 is 0 Å². The van der Waals surface area contributed by atoms with Gasteiger partial charge in [-0.05, 0) is 62.6 Å². The molecule has 0 saturated carbocycles. The van der Waals surface area contributed by atoms with E-state index in [1.165, 1.54) is 11.2 Å². The first-order valence-electron chi connectivity index (χ1n) is 9.27. The average Bonchev–Trinajstić information content (AvgIpc) is 3.27. The molecule has 1 aliphatic heterocycles. The van der Waals surface area contributed by atoms with Gasteiger partial charge in [-0.25, -0.2) is 0 Å². The van der Waals surface area contributed by atoms with E-state index in [9.17, 15) is 14.4 Å². The normalized spacial score (nSPS) is 16.3. The molecule has 1 saturated heterocycles. The highest BCUT2D eigenvalue weighted by Crippen LogP contribution is 2.20. The van der Waals surface area contributed by atoms with Crippen LogP contribution in [0.3, 0.4) is 0 Å². The fraction of sp³-hybridized carbons (Fsp3) is 0.350. The zero-order chi connectivity index (χ0) is 19.9. The lowest BCUT2D eigenvalue weighted by molar-refractivity contribution is -0.127. The standard InChI is InChI=1S/C20H23N3O5/c1-2-27-15-10-8-14(9-11-15)18(24)21-22-19(25)16-6-3-4-12-23(16)20(26)17-7-5-13-28-17/h5,7-11,13,16H,2-4,6,12H2,1H3,(H,21,24)(H,22,25). The summed E-state index contributed by atoms with van der Waals surface area (Å²) in [6.45, 7) is 2.88. The lowest BCUT2D eigenvalue weighted by atomic mass is 10.0. The number of rotatable bonds is 5. The molecule has 1 aliphatic rings. The van der Waals surface area contributed by atoms with Crippen molar-refractivity contribution >= 4 is 17.7 Å². The van der Waals surface area contributed by atoms with Crippen molar-refractivity contribution in [1.82, 2.24) is 15.8 Å². The summed E-state index contributed by atoms with van der Waals surface area (Å²) < 4.78 is 10.5. The van der Waals surface area contributed by atoms with Crippen LogP contribution in [0, 0.1) is 0 Å². The van der Waals surface area contributed by atoms with E-state index in [2.05, 4.69) is 10.9 Å². The third-order valence-corrected chi connectivity index (χ3v) is 4.53. The van der Waals surface area contributed by atoms with Gasteiger partial charge in [-0.15, -0.1) is 0 Å². The topological polar surface area (TPSA) is 101 Å². The molecule has 1 aromatic heterocycles. The predicted molar refractivity (Wildman–Crippen MR) is 101 cm³/mol. The number of carbonyl (C=O) groups is 3. The molecular weight excluding hydrogens is 362 g/mol. The van der Waals surface area contributed by atoms with Crippen LogP contribution in [-0.2, 0) is 4.79 Å². The molecule has 0 spiro atoms. The van der Waals surface area contributed by atoms with Crippen molar-refractivity contribution < 1.29 is 23.5 Å². The fourth-order valence-electron chi connectivity index (χ4n) is 3.13. The minimum atomic E-state index is -0.660. The molecule has 1 unspecified atom stereocenters. The molecule has 28 heavy (non-hydrogen) atoms. The second-order valence-electron chi connectivity index (χ2n) is 6.39. The third kappa shape index (κ3) is 4.51. The first kappa shape index (κ1) is 19.5. The van der Waals surface area contributed by atoms with Gasteiger partial charge in [-0.1, -0.05) is 0 Å². The summed E-state index contributed by atoms with van der Waals surface area (Å²) in [6, 6.07) is 9.13. The highest BCUT2D eigenvalue weighted by atomic mass is 16.5. The Morgan fingerprint density at radius 3 is 2.61 bits per heavy atom. The van der Waals surface area contributed by atoms with Crippen LogP contribution in [0.1, 0.15) is 47.1 Å². The molecule has 2 N–H and O–H groups in total. The smallest absolute Gasteiger partial charge is 0.290 e. The van der Waals surface area contributed by atoms with Crippen LogP contribution in [0.4, 0.5) is 0 Å². The van der Waals surface area contributed by atoms with E-state index in [4.69, 9.17) is 9.15 Å². The van der Waals surface area contributed by atoms with Crippen LogP contribution in [0.5, 0.6) is 5.75 Å². The number of hydrogen-bond donors (Lipinski definition) is 2. The van der Waals surface area contributed by atoms with E-state index in [1.54, 1.807) is 36.4 Å². The zero-order valence-electron chi connectivity index (χ0n) is 15.6. The van der Waals surface area contributed by atoms with Gasteiger partial charge < -0.3 is 14.1 Å². The number of piperidine rings is 1. The quantitative estimate of drug-likeness (QED) is 0.768. The van der Waals surface area contributed by atoms with Crippen molar-refractivity contribution in [3.8, 4) is 5.75 Å². The molecule has 1 fully saturated rings. The number of benzene rings is 1. The predicted octanol–water partition coefficient (Wildman–Crippen LogP) is 2.13. The van der Waals surface area contributed by atoms with Gasteiger partial charge in [0.05, 0.1) is 12.9 Å². The molecule has 148 valence electrons. The Morgan fingerprint density at radius 2 is 1.93 bits per heavy atom. The Labute approximate surface area is 162 Å². The van der Waals surface area contributed by atoms with Gasteiger partial charge >= 0.3 is 0 Å². The molecule has 8 heteroatoms. The molecule has 0 bridgehead atoms.